The van der Waals surface area contributed by atoms with Crippen LogP contribution in [0.4, 0.5) is 0 Å². The summed E-state index contributed by atoms with van der Waals surface area (Å²) >= 11 is 3.32. The molecular formula is C13H19BrN2O4S. The van der Waals surface area contributed by atoms with E-state index in [0.717, 1.165) is 12.8 Å². The highest BCUT2D eigenvalue weighted by Crippen LogP contribution is 2.38. The maximum atomic E-state index is 12.9. The van der Waals surface area contributed by atoms with Crippen LogP contribution in [0.3, 0.4) is 0 Å². The minimum Gasteiger partial charge on any atom is -0.495 e. The fraction of sp³-hybridized carbons (Fsp3) is 0.538. The number of hydrogen-bond donors (Lipinski definition) is 1. The fourth-order valence-electron chi connectivity index (χ4n) is 2.52. The first-order valence-electron chi connectivity index (χ1n) is 6.59. The lowest BCUT2D eigenvalue weighted by molar-refractivity contribution is 0.372. The van der Waals surface area contributed by atoms with Crippen LogP contribution in [0.5, 0.6) is 11.5 Å². The Kier molecular flexibility index (Phi) is 5.13. The topological polar surface area (TPSA) is 81.9 Å². The van der Waals surface area contributed by atoms with Crippen LogP contribution in [-0.2, 0) is 10.0 Å². The van der Waals surface area contributed by atoms with E-state index in [4.69, 9.17) is 15.2 Å². The summed E-state index contributed by atoms with van der Waals surface area (Å²) in [5, 5.41) is 0. The second-order valence-corrected chi connectivity index (χ2v) is 7.50. The molecule has 2 rings (SSSR count). The van der Waals surface area contributed by atoms with E-state index in [1.807, 2.05) is 0 Å². The number of methoxy groups -OCH3 is 2. The van der Waals surface area contributed by atoms with E-state index in [-0.39, 0.29) is 16.7 Å². The van der Waals surface area contributed by atoms with Gasteiger partial charge in [0.05, 0.1) is 18.7 Å². The van der Waals surface area contributed by atoms with Crippen molar-refractivity contribution in [2.45, 2.75) is 23.8 Å². The average molecular weight is 379 g/mol. The summed E-state index contributed by atoms with van der Waals surface area (Å²) < 4.78 is 38.1. The summed E-state index contributed by atoms with van der Waals surface area (Å²) in [6.07, 6.45) is 1.61. The number of hydrogen-bond acceptors (Lipinski definition) is 5. The number of nitrogens with two attached hydrogens (primary N) is 1. The van der Waals surface area contributed by atoms with Crippen molar-refractivity contribution in [3.8, 4) is 11.5 Å². The molecule has 2 N–H and O–H groups in total. The highest BCUT2D eigenvalue weighted by Gasteiger charge is 2.36. The average Bonchev–Trinajstić information content (AvgIpc) is 2.96. The summed E-state index contributed by atoms with van der Waals surface area (Å²) in [7, 11) is -0.698. The summed E-state index contributed by atoms with van der Waals surface area (Å²) in [4.78, 5) is 0.123. The molecule has 0 unspecified atom stereocenters. The van der Waals surface area contributed by atoms with Gasteiger partial charge in [-0.15, -0.1) is 0 Å². The van der Waals surface area contributed by atoms with E-state index in [9.17, 15) is 8.42 Å². The minimum atomic E-state index is -3.65. The Hall–Kier alpha value is -0.830. The van der Waals surface area contributed by atoms with Crippen LogP contribution in [-0.4, -0.2) is 46.1 Å². The van der Waals surface area contributed by atoms with Gasteiger partial charge in [0, 0.05) is 25.2 Å². The summed E-state index contributed by atoms with van der Waals surface area (Å²) in [5.41, 5.74) is 5.68. The number of nitrogens with zero attached hydrogens (tertiary/aromatic N) is 1. The maximum absolute atomic E-state index is 12.9. The Bertz CT molecular complexity index is 621. The first kappa shape index (κ1) is 16.5. The Balaban J connectivity index is 2.51. The van der Waals surface area contributed by atoms with Crippen molar-refractivity contribution in [3.63, 3.8) is 0 Å². The third-order valence-electron chi connectivity index (χ3n) is 3.62. The van der Waals surface area contributed by atoms with Crippen LogP contribution in [0, 0.1) is 0 Å². The van der Waals surface area contributed by atoms with Crippen LogP contribution in [0.25, 0.3) is 0 Å². The highest BCUT2D eigenvalue weighted by molar-refractivity contribution is 9.10. The van der Waals surface area contributed by atoms with Gasteiger partial charge in [-0.25, -0.2) is 8.42 Å². The van der Waals surface area contributed by atoms with Gasteiger partial charge in [0.15, 0.2) is 0 Å². The maximum Gasteiger partial charge on any atom is 0.247 e. The van der Waals surface area contributed by atoms with Crippen molar-refractivity contribution in [1.82, 2.24) is 4.31 Å². The van der Waals surface area contributed by atoms with Gasteiger partial charge in [0.2, 0.25) is 10.0 Å². The van der Waals surface area contributed by atoms with Crippen LogP contribution >= 0.6 is 15.9 Å². The molecule has 1 aliphatic heterocycles. The molecule has 0 bridgehead atoms. The molecule has 8 heteroatoms. The molecule has 1 aromatic carbocycles. The molecule has 118 valence electrons. The SMILES string of the molecule is COc1cc(OC)c(S(=O)(=O)N2CCC[C@H]2CN)cc1Br. The lowest BCUT2D eigenvalue weighted by Gasteiger charge is -2.24. The monoisotopic (exact) mass is 378 g/mol. The summed E-state index contributed by atoms with van der Waals surface area (Å²) in [5.74, 6) is 0.778. The highest BCUT2D eigenvalue weighted by atomic mass is 79.9. The Morgan fingerprint density at radius 2 is 2.00 bits per heavy atom. The standard InChI is InChI=1S/C13H19BrN2O4S/c1-19-11-7-12(20-2)13(6-10(11)14)21(17,18)16-5-3-4-9(16)8-15/h6-7,9H,3-5,8,15H2,1-2H3/t9-/m0/s1. The van der Waals surface area contributed by atoms with E-state index in [1.54, 1.807) is 6.07 Å². The zero-order chi connectivity index (χ0) is 15.6. The smallest absolute Gasteiger partial charge is 0.247 e. The Labute approximate surface area is 133 Å². The normalized spacial score (nSPS) is 19.7. The van der Waals surface area contributed by atoms with Crippen LogP contribution in [0.15, 0.2) is 21.5 Å². The Morgan fingerprint density at radius 3 is 2.57 bits per heavy atom. The molecule has 1 fully saturated rings. The van der Waals surface area contributed by atoms with E-state index < -0.39 is 10.0 Å². The summed E-state index contributed by atoms with van der Waals surface area (Å²) in [6.45, 7) is 0.801. The van der Waals surface area contributed by atoms with Gasteiger partial charge in [0.25, 0.3) is 0 Å². The molecule has 0 radical (unpaired) electrons. The lowest BCUT2D eigenvalue weighted by atomic mass is 10.2. The second kappa shape index (κ2) is 6.51. The van der Waals surface area contributed by atoms with Gasteiger partial charge in [-0.1, -0.05) is 0 Å². The molecule has 1 aliphatic rings. The number of ether oxygens (including phenoxy) is 2. The van der Waals surface area contributed by atoms with E-state index in [1.165, 1.54) is 24.6 Å². The van der Waals surface area contributed by atoms with Crippen molar-refractivity contribution in [3.05, 3.63) is 16.6 Å². The minimum absolute atomic E-state index is 0.123. The third-order valence-corrected chi connectivity index (χ3v) is 6.21. The molecule has 6 nitrogen and oxygen atoms in total. The van der Waals surface area contributed by atoms with Crippen LogP contribution in [0.2, 0.25) is 0 Å². The van der Waals surface area contributed by atoms with Crippen LogP contribution in [0.1, 0.15) is 12.8 Å². The first-order chi connectivity index (χ1) is 9.95. The van der Waals surface area contributed by atoms with Gasteiger partial charge in [-0.3, -0.25) is 0 Å². The molecule has 0 spiro atoms. The predicted molar refractivity (Wildman–Crippen MR) is 83.2 cm³/mol. The lowest BCUT2D eigenvalue weighted by Crippen LogP contribution is -2.40. The molecule has 0 saturated carbocycles. The van der Waals surface area contributed by atoms with Crippen LogP contribution < -0.4 is 15.2 Å². The van der Waals surface area contributed by atoms with E-state index >= 15 is 0 Å². The van der Waals surface area contributed by atoms with E-state index in [0.29, 0.717) is 23.3 Å². The molecule has 0 amide bonds. The molecule has 1 aromatic rings. The molecule has 1 atom stereocenters. The molecule has 1 heterocycles. The fourth-order valence-corrected chi connectivity index (χ4v) is 5.05. The first-order valence-corrected chi connectivity index (χ1v) is 8.82. The van der Waals surface area contributed by atoms with Crippen molar-refractivity contribution >= 4 is 26.0 Å². The quantitative estimate of drug-likeness (QED) is 0.840. The van der Waals surface area contributed by atoms with Gasteiger partial charge in [-0.05, 0) is 34.8 Å². The van der Waals surface area contributed by atoms with Crippen molar-refractivity contribution in [2.75, 3.05) is 27.3 Å². The molecule has 21 heavy (non-hydrogen) atoms. The van der Waals surface area contributed by atoms with Gasteiger partial charge in [0.1, 0.15) is 16.4 Å². The zero-order valence-corrected chi connectivity index (χ0v) is 14.4. The predicted octanol–water partition coefficient (Wildman–Crippen LogP) is 1.58. The van der Waals surface area contributed by atoms with Crippen molar-refractivity contribution < 1.29 is 17.9 Å². The number of benzene rings is 1. The van der Waals surface area contributed by atoms with Crippen molar-refractivity contribution in [2.24, 2.45) is 5.73 Å². The van der Waals surface area contributed by atoms with Gasteiger partial charge < -0.3 is 15.2 Å². The molecule has 0 aliphatic carbocycles. The molecule has 0 aromatic heterocycles. The van der Waals surface area contributed by atoms with Gasteiger partial charge >= 0.3 is 0 Å². The number of halogens is 1. The zero-order valence-electron chi connectivity index (χ0n) is 12.0. The summed E-state index contributed by atoms with van der Waals surface area (Å²) in [6, 6.07) is 2.92. The van der Waals surface area contributed by atoms with Crippen molar-refractivity contribution in [1.29, 1.82) is 0 Å². The molecule has 1 saturated heterocycles. The van der Waals surface area contributed by atoms with Gasteiger partial charge in [-0.2, -0.15) is 4.31 Å². The third kappa shape index (κ3) is 3.03. The largest absolute Gasteiger partial charge is 0.495 e. The Morgan fingerprint density at radius 1 is 1.33 bits per heavy atom. The second-order valence-electron chi connectivity index (χ2n) is 4.79. The number of sulfonamides is 1. The molecular weight excluding hydrogens is 360 g/mol. The van der Waals surface area contributed by atoms with E-state index in [2.05, 4.69) is 15.9 Å². The number of rotatable bonds is 5.